The molecule has 1 aliphatic rings. The second-order valence-electron chi connectivity index (χ2n) is 6.49. The zero-order valence-electron chi connectivity index (χ0n) is 13.7. The molecule has 1 fully saturated rings. The lowest BCUT2D eigenvalue weighted by atomic mass is 9.97. The van der Waals surface area contributed by atoms with Crippen molar-refractivity contribution in [3.63, 3.8) is 0 Å². The fraction of sp³-hybridized carbons (Fsp3) is 0.500. The molecule has 1 saturated carbocycles. The smallest absolute Gasteiger partial charge is 0.273 e. The first-order valence-corrected chi connectivity index (χ1v) is 8.66. The summed E-state index contributed by atoms with van der Waals surface area (Å²) in [4.78, 5) is 36.8. The van der Waals surface area contributed by atoms with Gasteiger partial charge in [0, 0.05) is 6.04 Å². The fourth-order valence-electron chi connectivity index (χ4n) is 3.38. The highest BCUT2D eigenvalue weighted by Gasteiger charge is 2.15. The van der Waals surface area contributed by atoms with E-state index in [4.69, 9.17) is 0 Å². The number of H-pyrrole nitrogens is 1. The molecular formula is C18H23N3O3. The summed E-state index contributed by atoms with van der Waals surface area (Å²) >= 11 is 0. The summed E-state index contributed by atoms with van der Waals surface area (Å²) in [5.74, 6) is -0.228. The molecule has 0 bridgehead atoms. The van der Waals surface area contributed by atoms with Crippen LogP contribution in [0, 0.1) is 0 Å². The van der Waals surface area contributed by atoms with Crippen molar-refractivity contribution in [2.45, 2.75) is 57.5 Å². The number of aromatic nitrogens is 2. The first-order valence-electron chi connectivity index (χ1n) is 8.66. The Morgan fingerprint density at radius 1 is 1.04 bits per heavy atom. The predicted octanol–water partition coefficient (Wildman–Crippen LogP) is 1.92. The molecular weight excluding hydrogens is 306 g/mol. The minimum atomic E-state index is -0.357. The van der Waals surface area contributed by atoms with E-state index in [2.05, 4.69) is 10.4 Å². The van der Waals surface area contributed by atoms with Crippen LogP contribution in [0.5, 0.6) is 0 Å². The van der Waals surface area contributed by atoms with Crippen molar-refractivity contribution in [1.29, 1.82) is 0 Å². The van der Waals surface area contributed by atoms with Gasteiger partial charge in [-0.25, -0.2) is 4.68 Å². The van der Waals surface area contributed by atoms with Crippen molar-refractivity contribution in [1.82, 2.24) is 15.1 Å². The molecule has 1 heterocycles. The average molecular weight is 329 g/mol. The average Bonchev–Trinajstić information content (AvgIpc) is 2.55. The zero-order chi connectivity index (χ0) is 16.9. The summed E-state index contributed by atoms with van der Waals surface area (Å²) in [5.41, 5.74) is -0.707. The van der Waals surface area contributed by atoms with Crippen molar-refractivity contribution >= 4 is 16.7 Å². The summed E-state index contributed by atoms with van der Waals surface area (Å²) in [5, 5.41) is 6.19. The molecule has 2 aromatic rings. The fourth-order valence-corrected chi connectivity index (χ4v) is 3.38. The number of amides is 1. The topological polar surface area (TPSA) is 84.0 Å². The van der Waals surface area contributed by atoms with E-state index in [1.54, 1.807) is 24.3 Å². The third kappa shape index (κ3) is 3.75. The molecule has 6 nitrogen and oxygen atoms in total. The Bertz CT molecular complexity index is 829. The molecule has 0 radical (unpaired) electrons. The van der Waals surface area contributed by atoms with Crippen molar-refractivity contribution in [2.75, 3.05) is 0 Å². The highest BCUT2D eigenvalue weighted by atomic mass is 16.2. The molecule has 1 aliphatic carbocycles. The van der Waals surface area contributed by atoms with Gasteiger partial charge >= 0.3 is 0 Å². The number of nitrogens with one attached hydrogen (secondary N) is 2. The molecule has 1 aromatic heterocycles. The summed E-state index contributed by atoms with van der Waals surface area (Å²) in [6, 6.07) is 6.80. The normalized spacial score (nSPS) is 16.5. The standard InChI is InChI=1S/C18H23N3O3/c22-16(19-13-8-4-2-1-3-5-9-13)12-21-18(24)15-11-7-6-10-14(15)17(23)20-21/h6-7,10-11,13H,1-5,8-9,12H2,(H,19,22)(H,20,23). The first kappa shape index (κ1) is 16.5. The summed E-state index contributed by atoms with van der Waals surface area (Å²) in [7, 11) is 0. The lowest BCUT2D eigenvalue weighted by Crippen LogP contribution is -2.41. The molecule has 2 N–H and O–H groups in total. The lowest BCUT2D eigenvalue weighted by Gasteiger charge is -2.21. The van der Waals surface area contributed by atoms with Crippen LogP contribution in [0.4, 0.5) is 0 Å². The third-order valence-corrected chi connectivity index (χ3v) is 4.66. The van der Waals surface area contributed by atoms with Crippen LogP contribution in [0.15, 0.2) is 33.9 Å². The Kier molecular flexibility index (Phi) is 5.13. The number of benzene rings is 1. The molecule has 0 atom stereocenters. The van der Waals surface area contributed by atoms with Gasteiger partial charge in [0.15, 0.2) is 0 Å². The van der Waals surface area contributed by atoms with E-state index in [1.807, 2.05) is 0 Å². The van der Waals surface area contributed by atoms with Crippen molar-refractivity contribution in [3.8, 4) is 0 Å². The van der Waals surface area contributed by atoms with Crippen molar-refractivity contribution in [3.05, 3.63) is 45.0 Å². The minimum absolute atomic E-state index is 0.157. The lowest BCUT2D eigenvalue weighted by molar-refractivity contribution is -0.122. The largest absolute Gasteiger partial charge is 0.352 e. The molecule has 24 heavy (non-hydrogen) atoms. The number of hydrogen-bond donors (Lipinski definition) is 2. The van der Waals surface area contributed by atoms with Gasteiger partial charge in [0.1, 0.15) is 6.54 Å². The van der Waals surface area contributed by atoms with Gasteiger partial charge in [-0.1, -0.05) is 44.2 Å². The molecule has 3 rings (SSSR count). The van der Waals surface area contributed by atoms with Crippen LogP contribution in [0.1, 0.15) is 44.9 Å². The van der Waals surface area contributed by atoms with Gasteiger partial charge in [0.25, 0.3) is 11.1 Å². The molecule has 0 saturated heterocycles. The van der Waals surface area contributed by atoms with Crippen LogP contribution in [0.25, 0.3) is 10.8 Å². The van der Waals surface area contributed by atoms with E-state index < -0.39 is 0 Å². The van der Waals surface area contributed by atoms with Gasteiger partial charge in [-0.05, 0) is 25.0 Å². The van der Waals surface area contributed by atoms with Crippen LogP contribution in [0.2, 0.25) is 0 Å². The molecule has 1 amide bonds. The van der Waals surface area contributed by atoms with Crippen LogP contribution in [-0.2, 0) is 11.3 Å². The van der Waals surface area contributed by atoms with Gasteiger partial charge in [-0.2, -0.15) is 0 Å². The molecule has 0 aliphatic heterocycles. The van der Waals surface area contributed by atoms with Crippen molar-refractivity contribution < 1.29 is 4.79 Å². The number of fused-ring (bicyclic) bond motifs is 1. The highest BCUT2D eigenvalue weighted by molar-refractivity contribution is 5.81. The van der Waals surface area contributed by atoms with Crippen LogP contribution in [0.3, 0.4) is 0 Å². The molecule has 0 unspecified atom stereocenters. The van der Waals surface area contributed by atoms with Crippen LogP contribution < -0.4 is 16.4 Å². The molecule has 1 aromatic carbocycles. The summed E-state index contributed by atoms with van der Waals surface area (Å²) in [6.07, 6.45) is 7.90. The number of hydrogen-bond acceptors (Lipinski definition) is 3. The monoisotopic (exact) mass is 329 g/mol. The van der Waals surface area contributed by atoms with Crippen molar-refractivity contribution in [2.24, 2.45) is 0 Å². The second-order valence-corrected chi connectivity index (χ2v) is 6.49. The zero-order valence-corrected chi connectivity index (χ0v) is 13.7. The molecule has 6 heteroatoms. The number of rotatable bonds is 3. The Labute approximate surface area is 139 Å². The van der Waals surface area contributed by atoms with E-state index in [-0.39, 0.29) is 29.6 Å². The Hall–Kier alpha value is -2.37. The quantitative estimate of drug-likeness (QED) is 0.902. The van der Waals surface area contributed by atoms with E-state index in [0.717, 1.165) is 30.4 Å². The predicted molar refractivity (Wildman–Crippen MR) is 93.1 cm³/mol. The van der Waals surface area contributed by atoms with Gasteiger partial charge < -0.3 is 5.32 Å². The SMILES string of the molecule is O=C(Cn1[nH]c(=O)c2ccccc2c1=O)NC1CCCCCCC1. The maximum absolute atomic E-state index is 12.4. The van der Waals surface area contributed by atoms with Crippen LogP contribution >= 0.6 is 0 Å². The van der Waals surface area contributed by atoms with Gasteiger partial charge in [-0.3, -0.25) is 19.5 Å². The van der Waals surface area contributed by atoms with E-state index in [0.29, 0.717) is 10.8 Å². The Balaban J connectivity index is 1.74. The Morgan fingerprint density at radius 2 is 1.67 bits per heavy atom. The maximum Gasteiger partial charge on any atom is 0.273 e. The number of carbonyl (C=O) groups excluding carboxylic acids is 1. The van der Waals surface area contributed by atoms with Gasteiger partial charge in [0.2, 0.25) is 5.91 Å². The third-order valence-electron chi connectivity index (χ3n) is 4.66. The first-order chi connectivity index (χ1) is 11.6. The van der Waals surface area contributed by atoms with Gasteiger partial charge in [-0.15, -0.1) is 0 Å². The Morgan fingerprint density at radius 3 is 2.38 bits per heavy atom. The second kappa shape index (κ2) is 7.47. The molecule has 0 spiro atoms. The highest BCUT2D eigenvalue weighted by Crippen LogP contribution is 2.17. The summed E-state index contributed by atoms with van der Waals surface area (Å²) < 4.78 is 1.10. The summed E-state index contributed by atoms with van der Waals surface area (Å²) in [6.45, 7) is -0.157. The minimum Gasteiger partial charge on any atom is -0.352 e. The van der Waals surface area contributed by atoms with E-state index in [1.165, 1.54) is 19.3 Å². The molecule has 128 valence electrons. The van der Waals surface area contributed by atoms with Gasteiger partial charge in [0.05, 0.1) is 10.8 Å². The van der Waals surface area contributed by atoms with Crippen LogP contribution in [-0.4, -0.2) is 21.7 Å². The number of nitrogens with zero attached hydrogens (tertiary/aromatic N) is 1. The number of aromatic amines is 1. The maximum atomic E-state index is 12.4. The van der Waals surface area contributed by atoms with E-state index in [9.17, 15) is 14.4 Å². The number of carbonyl (C=O) groups is 1. The van der Waals surface area contributed by atoms with E-state index >= 15 is 0 Å².